The first-order valence-electron chi connectivity index (χ1n) is 8.65. The zero-order chi connectivity index (χ0) is 18.1. The van der Waals surface area contributed by atoms with Crippen LogP contribution in [-0.2, 0) is 19.1 Å². The van der Waals surface area contributed by atoms with Crippen molar-refractivity contribution < 1.29 is 19.1 Å². The zero-order valence-electron chi connectivity index (χ0n) is 15.5. The van der Waals surface area contributed by atoms with E-state index >= 15 is 0 Å². The van der Waals surface area contributed by atoms with Crippen molar-refractivity contribution in [1.29, 1.82) is 0 Å². The molecule has 0 bridgehead atoms. The van der Waals surface area contributed by atoms with Gasteiger partial charge in [-0.05, 0) is 24.3 Å². The first-order valence-corrected chi connectivity index (χ1v) is 8.65. The van der Waals surface area contributed by atoms with E-state index in [0.717, 1.165) is 11.1 Å². The molecule has 0 aromatic heterocycles. The smallest absolute Gasteiger partial charge is 0.306 e. The van der Waals surface area contributed by atoms with E-state index in [4.69, 9.17) is 9.47 Å². The van der Waals surface area contributed by atoms with Gasteiger partial charge in [-0.15, -0.1) is 0 Å². The van der Waals surface area contributed by atoms with Crippen molar-refractivity contribution in [2.75, 3.05) is 13.2 Å². The lowest BCUT2D eigenvalue weighted by atomic mass is 9.91. The molecule has 0 aliphatic carbocycles. The van der Waals surface area contributed by atoms with Crippen LogP contribution in [0.2, 0.25) is 0 Å². The van der Waals surface area contributed by atoms with Crippen LogP contribution in [0.5, 0.6) is 0 Å². The fraction of sp³-hybridized carbons (Fsp3) is 0.600. The molecule has 24 heavy (non-hydrogen) atoms. The number of carbonyl (C=O) groups is 2. The van der Waals surface area contributed by atoms with E-state index < -0.39 is 0 Å². The van der Waals surface area contributed by atoms with E-state index in [1.165, 1.54) is 0 Å². The Balaban J connectivity index is 2.76. The Morgan fingerprint density at radius 1 is 0.917 bits per heavy atom. The molecule has 0 aliphatic heterocycles. The molecule has 0 amide bonds. The van der Waals surface area contributed by atoms with Gasteiger partial charge in [-0.2, -0.15) is 0 Å². The Morgan fingerprint density at radius 3 is 1.83 bits per heavy atom. The van der Waals surface area contributed by atoms with Gasteiger partial charge in [0.2, 0.25) is 0 Å². The molecule has 0 aliphatic rings. The summed E-state index contributed by atoms with van der Waals surface area (Å²) in [5, 5.41) is 0. The topological polar surface area (TPSA) is 52.6 Å². The van der Waals surface area contributed by atoms with Crippen LogP contribution in [0.25, 0.3) is 0 Å². The van der Waals surface area contributed by atoms with Crippen molar-refractivity contribution in [3.8, 4) is 0 Å². The number of carbonyl (C=O) groups excluding carboxylic acids is 2. The van der Waals surface area contributed by atoms with Crippen LogP contribution in [-0.4, -0.2) is 25.2 Å². The van der Waals surface area contributed by atoms with E-state index in [-0.39, 0.29) is 30.7 Å². The number of hydrogen-bond donors (Lipinski definition) is 0. The number of esters is 2. The zero-order valence-corrected chi connectivity index (χ0v) is 15.5. The maximum atomic E-state index is 12.1. The SMILES string of the molecule is Cc1cccc(C(CC(=O)OCC(C)C)CC(=O)OCC(C)C)c1. The average Bonchev–Trinajstić information content (AvgIpc) is 2.50. The highest BCUT2D eigenvalue weighted by Gasteiger charge is 2.22. The van der Waals surface area contributed by atoms with Crippen molar-refractivity contribution in [1.82, 2.24) is 0 Å². The summed E-state index contributed by atoms with van der Waals surface area (Å²) in [4.78, 5) is 24.2. The second kappa shape index (κ2) is 10.1. The molecule has 0 heterocycles. The van der Waals surface area contributed by atoms with Gasteiger partial charge < -0.3 is 9.47 Å². The second-order valence-electron chi connectivity index (χ2n) is 7.17. The summed E-state index contributed by atoms with van der Waals surface area (Å²) in [5.74, 6) is -0.173. The second-order valence-corrected chi connectivity index (χ2v) is 7.17. The lowest BCUT2D eigenvalue weighted by Gasteiger charge is -2.18. The Hall–Kier alpha value is -1.84. The third-order valence-corrected chi connectivity index (χ3v) is 3.49. The molecule has 4 nitrogen and oxygen atoms in total. The first-order chi connectivity index (χ1) is 11.3. The summed E-state index contributed by atoms with van der Waals surface area (Å²) in [5.41, 5.74) is 2.07. The van der Waals surface area contributed by atoms with Gasteiger partial charge in [-0.3, -0.25) is 9.59 Å². The summed E-state index contributed by atoms with van der Waals surface area (Å²) in [6, 6.07) is 7.89. The number of ether oxygens (including phenoxy) is 2. The molecule has 0 fully saturated rings. The van der Waals surface area contributed by atoms with Crippen molar-refractivity contribution in [3.05, 3.63) is 35.4 Å². The van der Waals surface area contributed by atoms with Crippen molar-refractivity contribution in [2.45, 2.75) is 53.4 Å². The van der Waals surface area contributed by atoms with Crippen molar-refractivity contribution in [2.24, 2.45) is 11.8 Å². The Labute approximate surface area is 145 Å². The van der Waals surface area contributed by atoms with Crippen molar-refractivity contribution in [3.63, 3.8) is 0 Å². The summed E-state index contributed by atoms with van der Waals surface area (Å²) in [6.07, 6.45) is 0.375. The standard InChI is InChI=1S/C20H30O4/c1-14(2)12-23-19(21)10-18(11-20(22)24-13-15(3)4)17-8-6-7-16(5)9-17/h6-9,14-15,18H,10-13H2,1-5H3. The van der Waals surface area contributed by atoms with Crippen LogP contribution in [0.1, 0.15) is 57.6 Å². The maximum Gasteiger partial charge on any atom is 0.306 e. The van der Waals surface area contributed by atoms with Crippen LogP contribution in [0, 0.1) is 18.8 Å². The molecule has 0 N–H and O–H groups in total. The van der Waals surface area contributed by atoms with Crippen LogP contribution in [0.3, 0.4) is 0 Å². The molecule has 0 saturated heterocycles. The molecule has 0 saturated carbocycles. The molecule has 0 spiro atoms. The molecule has 0 radical (unpaired) electrons. The number of rotatable bonds is 9. The largest absolute Gasteiger partial charge is 0.465 e. The normalized spacial score (nSPS) is 11.2. The molecule has 0 atom stereocenters. The van der Waals surface area contributed by atoms with Gasteiger partial charge in [0.1, 0.15) is 0 Å². The molecule has 0 unspecified atom stereocenters. The summed E-state index contributed by atoms with van der Waals surface area (Å²) in [7, 11) is 0. The highest BCUT2D eigenvalue weighted by Crippen LogP contribution is 2.25. The Morgan fingerprint density at radius 2 is 1.42 bits per heavy atom. The third-order valence-electron chi connectivity index (χ3n) is 3.49. The van der Waals surface area contributed by atoms with Gasteiger partial charge in [0.05, 0.1) is 26.1 Å². The van der Waals surface area contributed by atoms with Crippen LogP contribution >= 0.6 is 0 Å². The van der Waals surface area contributed by atoms with E-state index in [1.54, 1.807) is 0 Å². The third kappa shape index (κ3) is 8.14. The summed E-state index contributed by atoms with van der Waals surface area (Å²) >= 11 is 0. The van der Waals surface area contributed by atoms with E-state index in [9.17, 15) is 9.59 Å². The fourth-order valence-corrected chi connectivity index (χ4v) is 2.27. The number of benzene rings is 1. The highest BCUT2D eigenvalue weighted by atomic mass is 16.5. The van der Waals surface area contributed by atoms with Gasteiger partial charge in [-0.25, -0.2) is 0 Å². The fourth-order valence-electron chi connectivity index (χ4n) is 2.27. The molecule has 1 aromatic rings. The minimum atomic E-state index is -0.271. The summed E-state index contributed by atoms with van der Waals surface area (Å²) < 4.78 is 10.5. The highest BCUT2D eigenvalue weighted by molar-refractivity contribution is 5.74. The quantitative estimate of drug-likeness (QED) is 0.633. The van der Waals surface area contributed by atoms with Gasteiger partial charge in [0.25, 0.3) is 0 Å². The van der Waals surface area contributed by atoms with Crippen LogP contribution in [0.4, 0.5) is 0 Å². The monoisotopic (exact) mass is 334 g/mol. The molecule has 4 heteroatoms. The van der Waals surface area contributed by atoms with E-state index in [0.29, 0.717) is 25.0 Å². The molecular formula is C20H30O4. The van der Waals surface area contributed by atoms with Gasteiger partial charge in [-0.1, -0.05) is 57.5 Å². The number of aryl methyl sites for hydroxylation is 1. The average molecular weight is 334 g/mol. The summed E-state index contributed by atoms with van der Waals surface area (Å²) in [6.45, 7) is 10.8. The Kier molecular flexibility index (Phi) is 8.51. The van der Waals surface area contributed by atoms with Gasteiger partial charge in [0.15, 0.2) is 0 Å². The van der Waals surface area contributed by atoms with Gasteiger partial charge in [0, 0.05) is 5.92 Å². The van der Waals surface area contributed by atoms with E-state index in [1.807, 2.05) is 58.9 Å². The Bertz CT molecular complexity index is 508. The van der Waals surface area contributed by atoms with E-state index in [2.05, 4.69) is 0 Å². The maximum absolute atomic E-state index is 12.1. The number of hydrogen-bond acceptors (Lipinski definition) is 4. The lowest BCUT2D eigenvalue weighted by Crippen LogP contribution is -2.18. The molecular weight excluding hydrogens is 304 g/mol. The predicted molar refractivity (Wildman–Crippen MR) is 94.7 cm³/mol. The minimum Gasteiger partial charge on any atom is -0.465 e. The molecule has 1 rings (SSSR count). The van der Waals surface area contributed by atoms with Crippen LogP contribution < -0.4 is 0 Å². The van der Waals surface area contributed by atoms with Crippen LogP contribution in [0.15, 0.2) is 24.3 Å². The predicted octanol–water partition coefficient (Wildman–Crippen LogP) is 4.26. The lowest BCUT2D eigenvalue weighted by molar-refractivity contribution is -0.147. The molecule has 1 aromatic carbocycles. The molecule has 134 valence electrons. The van der Waals surface area contributed by atoms with Crippen molar-refractivity contribution >= 4 is 11.9 Å². The van der Waals surface area contributed by atoms with Gasteiger partial charge >= 0.3 is 11.9 Å². The first kappa shape index (κ1) is 20.2. The minimum absolute atomic E-state index is 0.187.